The lowest BCUT2D eigenvalue weighted by atomic mass is 10.1. The molecule has 0 aromatic carbocycles. The molecule has 0 fully saturated rings. The van der Waals surface area contributed by atoms with Crippen LogP contribution in [0, 0.1) is 0 Å². The SMILES string of the molecule is CC/C=C\C/C=C\C/C=C\CCCCCCC(=O)OC(COC(=O)CCCCC/C=C\C=C/CCCC)COC(=O)CCCCCCC\C=C/C=C\C=C/C=C\CCCCC. The molecule has 0 heterocycles. The first-order valence-electron chi connectivity index (χ1n) is 24.5. The zero-order valence-electron chi connectivity index (χ0n) is 39.1. The molecular weight excluding hydrogens is 757 g/mol. The Hall–Kier alpha value is -3.93. The van der Waals surface area contributed by atoms with E-state index < -0.39 is 6.10 Å². The van der Waals surface area contributed by atoms with Crippen molar-refractivity contribution in [1.29, 1.82) is 0 Å². The van der Waals surface area contributed by atoms with Gasteiger partial charge in [-0.1, -0.05) is 194 Å². The van der Waals surface area contributed by atoms with E-state index in [0.717, 1.165) is 128 Å². The lowest BCUT2D eigenvalue weighted by Crippen LogP contribution is -2.30. The Morgan fingerprint density at radius 1 is 0.361 bits per heavy atom. The van der Waals surface area contributed by atoms with Crippen LogP contribution in [0.1, 0.15) is 201 Å². The van der Waals surface area contributed by atoms with Crippen molar-refractivity contribution in [2.75, 3.05) is 13.2 Å². The molecule has 0 rings (SSSR count). The van der Waals surface area contributed by atoms with Gasteiger partial charge in [0, 0.05) is 19.3 Å². The van der Waals surface area contributed by atoms with Crippen LogP contribution in [0.2, 0.25) is 0 Å². The Labute approximate surface area is 374 Å². The van der Waals surface area contributed by atoms with Gasteiger partial charge in [-0.3, -0.25) is 14.4 Å². The highest BCUT2D eigenvalue weighted by Gasteiger charge is 2.19. The standard InChI is InChI=1S/C55H88O6/c1-4-7-10-13-16-19-22-24-26-27-28-29-31-33-36-39-42-45-48-54(57)60-51-52(50-59-53(56)47-44-41-38-35-32-21-18-15-12-9-6-3)61-55(58)49-46-43-40-37-34-30-25-23-20-17-14-11-8-5-2/h8,11,15-22,24-30,32,52H,4-7,9-10,12-14,23,31,33-51H2,1-3H3/b11-8-,18-15-,19-16-,20-17-,24-22-,27-26-,29-28-,30-25-,32-21-. The smallest absolute Gasteiger partial charge is 0.306 e. The van der Waals surface area contributed by atoms with E-state index in [2.05, 4.69) is 130 Å². The van der Waals surface area contributed by atoms with Crippen LogP contribution in [-0.4, -0.2) is 37.2 Å². The van der Waals surface area contributed by atoms with E-state index >= 15 is 0 Å². The average molecular weight is 845 g/mol. The topological polar surface area (TPSA) is 78.9 Å². The maximum absolute atomic E-state index is 12.8. The van der Waals surface area contributed by atoms with Gasteiger partial charge in [-0.2, -0.15) is 0 Å². The predicted molar refractivity (Wildman–Crippen MR) is 260 cm³/mol. The molecule has 0 aromatic rings. The molecular formula is C55H88O6. The zero-order chi connectivity index (χ0) is 44.4. The van der Waals surface area contributed by atoms with Gasteiger partial charge in [0.1, 0.15) is 13.2 Å². The van der Waals surface area contributed by atoms with Crippen LogP contribution in [0.15, 0.2) is 109 Å². The number of rotatable bonds is 42. The van der Waals surface area contributed by atoms with Gasteiger partial charge in [0.05, 0.1) is 0 Å². The summed E-state index contributed by atoms with van der Waals surface area (Å²) < 4.78 is 16.7. The quantitative estimate of drug-likeness (QED) is 0.0200. The molecule has 1 atom stereocenters. The van der Waals surface area contributed by atoms with E-state index in [-0.39, 0.29) is 37.5 Å². The minimum absolute atomic E-state index is 0.111. The van der Waals surface area contributed by atoms with E-state index in [1.54, 1.807) is 0 Å². The van der Waals surface area contributed by atoms with Gasteiger partial charge in [0.25, 0.3) is 0 Å². The number of allylic oxidation sites excluding steroid dienone is 18. The summed E-state index contributed by atoms with van der Waals surface area (Å²) in [6.07, 6.45) is 64.9. The number of carbonyl (C=O) groups excluding carboxylic acids is 3. The Morgan fingerprint density at radius 2 is 0.721 bits per heavy atom. The molecule has 61 heavy (non-hydrogen) atoms. The molecule has 1 unspecified atom stereocenters. The van der Waals surface area contributed by atoms with Crippen LogP contribution in [0.5, 0.6) is 0 Å². The third-order valence-electron chi connectivity index (χ3n) is 9.85. The molecule has 0 amide bonds. The van der Waals surface area contributed by atoms with Crippen molar-refractivity contribution in [1.82, 2.24) is 0 Å². The van der Waals surface area contributed by atoms with Crippen LogP contribution in [0.4, 0.5) is 0 Å². The van der Waals surface area contributed by atoms with Crippen LogP contribution in [-0.2, 0) is 28.6 Å². The molecule has 6 nitrogen and oxygen atoms in total. The lowest BCUT2D eigenvalue weighted by Gasteiger charge is -2.18. The van der Waals surface area contributed by atoms with Gasteiger partial charge in [0.2, 0.25) is 0 Å². The normalized spacial score (nSPS) is 13.0. The fourth-order valence-electron chi connectivity index (χ4n) is 6.15. The predicted octanol–water partition coefficient (Wildman–Crippen LogP) is 16.0. The number of esters is 3. The largest absolute Gasteiger partial charge is 0.462 e. The molecule has 0 saturated heterocycles. The number of carbonyl (C=O) groups is 3. The van der Waals surface area contributed by atoms with Crippen molar-refractivity contribution < 1.29 is 28.6 Å². The highest BCUT2D eigenvalue weighted by Crippen LogP contribution is 2.12. The first-order valence-corrected chi connectivity index (χ1v) is 24.5. The molecule has 0 aromatic heterocycles. The Kier molecular flexibility index (Phi) is 45.6. The average Bonchev–Trinajstić information content (AvgIpc) is 3.26. The molecule has 0 spiro atoms. The summed E-state index contributed by atoms with van der Waals surface area (Å²) in [6.45, 7) is 6.34. The third-order valence-corrected chi connectivity index (χ3v) is 9.85. The minimum Gasteiger partial charge on any atom is -0.462 e. The van der Waals surface area contributed by atoms with E-state index in [1.165, 1.54) is 32.1 Å². The van der Waals surface area contributed by atoms with Crippen molar-refractivity contribution in [3.8, 4) is 0 Å². The fourth-order valence-corrected chi connectivity index (χ4v) is 6.15. The van der Waals surface area contributed by atoms with E-state index in [1.807, 2.05) is 0 Å². The van der Waals surface area contributed by atoms with E-state index in [0.29, 0.717) is 12.8 Å². The molecule has 0 radical (unpaired) electrons. The van der Waals surface area contributed by atoms with Crippen LogP contribution in [0.25, 0.3) is 0 Å². The lowest BCUT2D eigenvalue weighted by molar-refractivity contribution is -0.167. The Balaban J connectivity index is 4.51. The van der Waals surface area contributed by atoms with Crippen molar-refractivity contribution in [3.63, 3.8) is 0 Å². The van der Waals surface area contributed by atoms with Crippen LogP contribution < -0.4 is 0 Å². The summed E-state index contributed by atoms with van der Waals surface area (Å²) in [6, 6.07) is 0. The Bertz CT molecular complexity index is 1290. The number of hydrogen-bond acceptors (Lipinski definition) is 6. The summed E-state index contributed by atoms with van der Waals surface area (Å²) >= 11 is 0. The first kappa shape index (κ1) is 57.1. The maximum Gasteiger partial charge on any atom is 0.306 e. The Morgan fingerprint density at radius 3 is 1.23 bits per heavy atom. The van der Waals surface area contributed by atoms with Gasteiger partial charge in [-0.05, 0) is 96.3 Å². The number of hydrogen-bond donors (Lipinski definition) is 0. The molecule has 0 N–H and O–H groups in total. The minimum atomic E-state index is -0.811. The maximum atomic E-state index is 12.8. The third kappa shape index (κ3) is 47.0. The molecule has 0 aliphatic carbocycles. The first-order chi connectivity index (χ1) is 30.0. The molecule has 0 aliphatic heterocycles. The van der Waals surface area contributed by atoms with E-state index in [9.17, 15) is 14.4 Å². The van der Waals surface area contributed by atoms with Crippen molar-refractivity contribution >= 4 is 17.9 Å². The van der Waals surface area contributed by atoms with Crippen molar-refractivity contribution in [2.45, 2.75) is 207 Å². The molecule has 6 heteroatoms. The summed E-state index contributed by atoms with van der Waals surface area (Å²) in [7, 11) is 0. The molecule has 0 aliphatic rings. The van der Waals surface area contributed by atoms with Crippen molar-refractivity contribution in [3.05, 3.63) is 109 Å². The monoisotopic (exact) mass is 845 g/mol. The number of unbranched alkanes of at least 4 members (excludes halogenated alkanes) is 17. The summed E-state index contributed by atoms with van der Waals surface area (Å²) in [4.78, 5) is 37.9. The molecule has 0 bridgehead atoms. The van der Waals surface area contributed by atoms with Crippen LogP contribution in [0.3, 0.4) is 0 Å². The van der Waals surface area contributed by atoms with Gasteiger partial charge in [-0.15, -0.1) is 0 Å². The second-order valence-electron chi connectivity index (χ2n) is 15.8. The van der Waals surface area contributed by atoms with E-state index in [4.69, 9.17) is 14.2 Å². The summed E-state index contributed by atoms with van der Waals surface area (Å²) in [5, 5.41) is 0. The van der Waals surface area contributed by atoms with Gasteiger partial charge >= 0.3 is 17.9 Å². The molecule has 0 saturated carbocycles. The molecule has 344 valence electrons. The van der Waals surface area contributed by atoms with Gasteiger partial charge in [-0.25, -0.2) is 0 Å². The number of ether oxygens (including phenoxy) is 3. The van der Waals surface area contributed by atoms with Gasteiger partial charge < -0.3 is 14.2 Å². The summed E-state index contributed by atoms with van der Waals surface area (Å²) in [5.74, 6) is -0.992. The highest BCUT2D eigenvalue weighted by molar-refractivity contribution is 5.71. The highest BCUT2D eigenvalue weighted by atomic mass is 16.6. The zero-order valence-corrected chi connectivity index (χ0v) is 39.1. The van der Waals surface area contributed by atoms with Crippen molar-refractivity contribution in [2.24, 2.45) is 0 Å². The van der Waals surface area contributed by atoms with Crippen LogP contribution >= 0.6 is 0 Å². The van der Waals surface area contributed by atoms with Gasteiger partial charge in [0.15, 0.2) is 6.10 Å². The second-order valence-corrected chi connectivity index (χ2v) is 15.8. The summed E-state index contributed by atoms with van der Waals surface area (Å²) in [5.41, 5.74) is 0. The fraction of sp³-hybridized carbons (Fsp3) is 0.618. The second kappa shape index (κ2) is 48.7.